The Balaban J connectivity index is 1.56. The van der Waals surface area contributed by atoms with Crippen LogP contribution in [0.1, 0.15) is 48.8 Å². The van der Waals surface area contributed by atoms with E-state index in [-0.39, 0.29) is 18.6 Å². The lowest BCUT2D eigenvalue weighted by Crippen LogP contribution is -2.27. The second kappa shape index (κ2) is 6.89. The normalized spacial score (nSPS) is 16.3. The lowest BCUT2D eigenvalue weighted by atomic mass is 9.87. The van der Waals surface area contributed by atoms with Gasteiger partial charge in [-0.25, -0.2) is 0 Å². The first-order valence-corrected chi connectivity index (χ1v) is 10.0. The van der Waals surface area contributed by atoms with Crippen LogP contribution in [0, 0.1) is 0 Å². The van der Waals surface area contributed by atoms with Crippen molar-refractivity contribution < 1.29 is 14.3 Å². The number of aromatic amines is 1. The van der Waals surface area contributed by atoms with Crippen LogP contribution in [0.25, 0.3) is 10.9 Å². The Hall–Kier alpha value is -2.95. The van der Waals surface area contributed by atoms with Crippen LogP contribution < -0.4 is 14.8 Å². The highest BCUT2D eigenvalue weighted by molar-refractivity contribution is 5.88. The molecule has 144 valence electrons. The van der Waals surface area contributed by atoms with Gasteiger partial charge in [0, 0.05) is 35.5 Å². The predicted octanol–water partition coefficient (Wildman–Crippen LogP) is 4.26. The standard InChI is InChI=1S/C23H24N2O3/c1-2-14-4-3-5-17-19(12-24-23(14)17)18(11-22(26)25-16-7-8-16)15-6-9-20-21(10-15)28-13-27-20/h3-6,9-10,12,16,18,24H,2,7-8,11,13H2,1H3,(H,25,26)/t18-/m0/s1. The third-order valence-electron chi connectivity index (χ3n) is 5.72. The third kappa shape index (κ3) is 3.11. The summed E-state index contributed by atoms with van der Waals surface area (Å²) in [5.41, 5.74) is 4.66. The molecule has 2 heterocycles. The number of benzene rings is 2. The molecule has 3 aromatic rings. The number of amides is 1. The Labute approximate surface area is 164 Å². The molecular weight excluding hydrogens is 352 g/mol. The number of rotatable bonds is 6. The number of nitrogens with one attached hydrogen (secondary N) is 2. The van der Waals surface area contributed by atoms with Crippen molar-refractivity contribution in [2.24, 2.45) is 0 Å². The predicted molar refractivity (Wildman–Crippen MR) is 108 cm³/mol. The summed E-state index contributed by atoms with van der Waals surface area (Å²) in [5.74, 6) is 1.57. The SMILES string of the molecule is CCc1cccc2c([C@@H](CC(=O)NC3CC3)c3ccc4c(c3)OCO4)c[nH]c12. The first-order valence-electron chi connectivity index (χ1n) is 10.0. The van der Waals surface area contributed by atoms with E-state index >= 15 is 0 Å². The van der Waals surface area contributed by atoms with Crippen molar-refractivity contribution in [1.29, 1.82) is 0 Å². The Kier molecular flexibility index (Phi) is 4.23. The highest BCUT2D eigenvalue weighted by Crippen LogP contribution is 2.40. The molecule has 2 N–H and O–H groups in total. The molecule has 5 rings (SSSR count). The van der Waals surface area contributed by atoms with Crippen LogP contribution >= 0.6 is 0 Å². The molecule has 0 radical (unpaired) electrons. The summed E-state index contributed by atoms with van der Waals surface area (Å²) in [6, 6.07) is 12.7. The van der Waals surface area contributed by atoms with Crippen LogP contribution in [0.3, 0.4) is 0 Å². The van der Waals surface area contributed by atoms with Gasteiger partial charge in [0.05, 0.1) is 0 Å². The van der Waals surface area contributed by atoms with Crippen molar-refractivity contribution in [2.75, 3.05) is 6.79 Å². The average molecular weight is 376 g/mol. The van der Waals surface area contributed by atoms with Gasteiger partial charge in [-0.1, -0.05) is 31.2 Å². The van der Waals surface area contributed by atoms with Crippen LogP contribution in [0.5, 0.6) is 11.5 Å². The highest BCUT2D eigenvalue weighted by atomic mass is 16.7. The summed E-state index contributed by atoms with van der Waals surface area (Å²) in [6.07, 6.45) is 5.62. The van der Waals surface area contributed by atoms with Crippen LogP contribution in [0.2, 0.25) is 0 Å². The minimum atomic E-state index is -0.0471. The number of carbonyl (C=O) groups excluding carboxylic acids is 1. The maximum Gasteiger partial charge on any atom is 0.231 e. The van der Waals surface area contributed by atoms with Gasteiger partial charge in [0.2, 0.25) is 12.7 Å². The zero-order valence-electron chi connectivity index (χ0n) is 16.0. The van der Waals surface area contributed by atoms with Crippen molar-refractivity contribution in [2.45, 2.75) is 44.6 Å². The fourth-order valence-electron chi connectivity index (χ4n) is 4.06. The van der Waals surface area contributed by atoms with Gasteiger partial charge in [-0.2, -0.15) is 0 Å². The number of para-hydroxylation sites is 1. The molecule has 2 aliphatic rings. The van der Waals surface area contributed by atoms with Crippen molar-refractivity contribution in [1.82, 2.24) is 10.3 Å². The van der Waals surface area contributed by atoms with E-state index in [0.29, 0.717) is 12.5 Å². The Morgan fingerprint density at radius 2 is 2.07 bits per heavy atom. The zero-order chi connectivity index (χ0) is 19.1. The zero-order valence-corrected chi connectivity index (χ0v) is 16.0. The van der Waals surface area contributed by atoms with Crippen LogP contribution in [-0.4, -0.2) is 23.7 Å². The molecule has 1 aliphatic carbocycles. The van der Waals surface area contributed by atoms with Crippen molar-refractivity contribution >= 4 is 16.8 Å². The second-order valence-corrected chi connectivity index (χ2v) is 7.65. The van der Waals surface area contributed by atoms with Gasteiger partial charge >= 0.3 is 0 Å². The van der Waals surface area contributed by atoms with E-state index in [1.807, 2.05) is 18.2 Å². The van der Waals surface area contributed by atoms with Crippen molar-refractivity contribution in [3.05, 3.63) is 59.3 Å². The molecule has 5 nitrogen and oxygen atoms in total. The van der Waals surface area contributed by atoms with Crippen LogP contribution in [0.15, 0.2) is 42.6 Å². The van der Waals surface area contributed by atoms with Crippen molar-refractivity contribution in [3.8, 4) is 11.5 Å². The fraction of sp³-hybridized carbons (Fsp3) is 0.348. The number of ether oxygens (including phenoxy) is 2. The molecule has 1 amide bonds. The van der Waals surface area contributed by atoms with Gasteiger partial charge in [-0.05, 0) is 48.1 Å². The van der Waals surface area contributed by atoms with Crippen LogP contribution in [-0.2, 0) is 11.2 Å². The fourth-order valence-corrected chi connectivity index (χ4v) is 4.06. The molecule has 1 atom stereocenters. The molecular formula is C23H24N2O3. The lowest BCUT2D eigenvalue weighted by molar-refractivity contribution is -0.121. The molecule has 1 aliphatic heterocycles. The summed E-state index contributed by atoms with van der Waals surface area (Å²) in [4.78, 5) is 16.1. The molecule has 2 aromatic carbocycles. The number of H-pyrrole nitrogens is 1. The van der Waals surface area contributed by atoms with Gasteiger partial charge in [-0.3, -0.25) is 4.79 Å². The van der Waals surface area contributed by atoms with Gasteiger partial charge in [0.1, 0.15) is 0 Å². The smallest absolute Gasteiger partial charge is 0.231 e. The van der Waals surface area contributed by atoms with E-state index in [4.69, 9.17) is 9.47 Å². The average Bonchev–Trinajstić information content (AvgIpc) is 3.23. The monoisotopic (exact) mass is 376 g/mol. The highest BCUT2D eigenvalue weighted by Gasteiger charge is 2.28. The molecule has 5 heteroatoms. The molecule has 1 aromatic heterocycles. The summed E-state index contributed by atoms with van der Waals surface area (Å²) < 4.78 is 11.0. The topological polar surface area (TPSA) is 63.4 Å². The Bertz CT molecular complexity index is 1040. The molecule has 1 saturated carbocycles. The number of carbonyl (C=O) groups is 1. The first-order chi connectivity index (χ1) is 13.7. The minimum absolute atomic E-state index is 0.0471. The number of hydrogen-bond acceptors (Lipinski definition) is 3. The van der Waals surface area contributed by atoms with Crippen molar-refractivity contribution in [3.63, 3.8) is 0 Å². The summed E-state index contributed by atoms with van der Waals surface area (Å²) >= 11 is 0. The molecule has 28 heavy (non-hydrogen) atoms. The third-order valence-corrected chi connectivity index (χ3v) is 5.72. The summed E-state index contributed by atoms with van der Waals surface area (Å²) in [7, 11) is 0. The maximum absolute atomic E-state index is 12.7. The first kappa shape index (κ1) is 17.2. The van der Waals surface area contributed by atoms with Gasteiger partial charge in [0.15, 0.2) is 11.5 Å². The van der Waals surface area contributed by atoms with E-state index in [1.54, 1.807) is 0 Å². The summed E-state index contributed by atoms with van der Waals surface area (Å²) in [5, 5.41) is 4.32. The van der Waals surface area contributed by atoms with Crippen LogP contribution in [0.4, 0.5) is 0 Å². The second-order valence-electron chi connectivity index (χ2n) is 7.65. The van der Waals surface area contributed by atoms with E-state index < -0.39 is 0 Å². The van der Waals surface area contributed by atoms with Gasteiger partial charge in [-0.15, -0.1) is 0 Å². The number of aryl methyl sites for hydroxylation is 1. The lowest BCUT2D eigenvalue weighted by Gasteiger charge is -2.18. The molecule has 1 fully saturated rings. The molecule has 0 unspecified atom stereocenters. The minimum Gasteiger partial charge on any atom is -0.454 e. The van der Waals surface area contributed by atoms with E-state index in [2.05, 4.69) is 41.6 Å². The largest absolute Gasteiger partial charge is 0.454 e. The maximum atomic E-state index is 12.7. The van der Waals surface area contributed by atoms with E-state index in [0.717, 1.165) is 47.4 Å². The molecule has 0 saturated heterocycles. The summed E-state index contributed by atoms with van der Waals surface area (Å²) in [6.45, 7) is 2.41. The van der Waals surface area contributed by atoms with E-state index in [9.17, 15) is 4.79 Å². The molecule has 0 bridgehead atoms. The molecule has 0 spiro atoms. The number of fused-ring (bicyclic) bond motifs is 2. The number of aromatic nitrogens is 1. The van der Waals surface area contributed by atoms with Gasteiger partial charge < -0.3 is 19.8 Å². The Morgan fingerprint density at radius 1 is 1.21 bits per heavy atom. The number of hydrogen-bond donors (Lipinski definition) is 2. The Morgan fingerprint density at radius 3 is 2.89 bits per heavy atom. The van der Waals surface area contributed by atoms with E-state index in [1.165, 1.54) is 10.9 Å². The van der Waals surface area contributed by atoms with Gasteiger partial charge in [0.25, 0.3) is 0 Å². The quantitative estimate of drug-likeness (QED) is 0.676.